The van der Waals surface area contributed by atoms with Crippen LogP contribution in [-0.2, 0) is 27.9 Å². The molecule has 0 aliphatic carbocycles. The molecule has 1 fully saturated rings. The Balaban J connectivity index is 0.000000312. The van der Waals surface area contributed by atoms with E-state index >= 15 is 0 Å². The van der Waals surface area contributed by atoms with Crippen molar-refractivity contribution in [1.82, 2.24) is 19.3 Å². The Morgan fingerprint density at radius 2 is 1.93 bits per heavy atom. The topological polar surface area (TPSA) is 115 Å². The van der Waals surface area contributed by atoms with Crippen LogP contribution in [0, 0.1) is 11.6 Å². The fourth-order valence-electron chi connectivity index (χ4n) is 4.45. The zero-order valence-electron chi connectivity index (χ0n) is 21.6. The Bertz CT molecular complexity index is 1520. The maximum atomic E-state index is 13.0. The summed E-state index contributed by atoms with van der Waals surface area (Å²) < 4.78 is 70.3. The minimum Gasteiger partial charge on any atom is -0.494 e. The molecule has 10 nitrogen and oxygen atoms in total. The van der Waals surface area contributed by atoms with Crippen molar-refractivity contribution in [2.24, 2.45) is 0 Å². The van der Waals surface area contributed by atoms with Crippen molar-refractivity contribution in [2.45, 2.75) is 43.8 Å². The smallest absolute Gasteiger partial charge is 0.299 e. The van der Waals surface area contributed by atoms with Crippen LogP contribution in [0.3, 0.4) is 0 Å². The lowest BCUT2D eigenvalue weighted by Crippen LogP contribution is -2.33. The highest BCUT2D eigenvalue weighted by Crippen LogP contribution is 2.34. The van der Waals surface area contributed by atoms with Crippen molar-refractivity contribution in [2.75, 3.05) is 24.3 Å². The maximum absolute atomic E-state index is 13.0. The summed E-state index contributed by atoms with van der Waals surface area (Å²) in [5, 5.41) is 7.83. The Labute approximate surface area is 233 Å². The van der Waals surface area contributed by atoms with Crippen LogP contribution in [0.15, 0.2) is 47.5 Å². The second-order valence-corrected chi connectivity index (χ2v) is 11.6. The van der Waals surface area contributed by atoms with E-state index in [1.807, 2.05) is 6.92 Å². The molecule has 0 bridgehead atoms. The third-order valence-corrected chi connectivity index (χ3v) is 8.81. The molecule has 0 saturated carbocycles. The molecule has 1 aromatic heterocycles. The van der Waals surface area contributed by atoms with E-state index in [0.717, 1.165) is 25.0 Å². The highest BCUT2D eigenvalue weighted by Gasteiger charge is 2.39. The van der Waals surface area contributed by atoms with Gasteiger partial charge in [0.15, 0.2) is 11.6 Å². The van der Waals surface area contributed by atoms with Gasteiger partial charge < -0.3 is 4.74 Å². The highest BCUT2D eigenvalue weighted by molar-refractivity contribution is 7.94. The number of ether oxygens (including phenoxy) is 1. The van der Waals surface area contributed by atoms with E-state index in [4.69, 9.17) is 0 Å². The second-order valence-electron chi connectivity index (χ2n) is 9.07. The van der Waals surface area contributed by atoms with Crippen molar-refractivity contribution in [3.63, 3.8) is 0 Å². The number of anilines is 1. The molecule has 2 aliphatic heterocycles. The van der Waals surface area contributed by atoms with Gasteiger partial charge >= 0.3 is 0 Å². The van der Waals surface area contributed by atoms with Crippen molar-refractivity contribution < 1.29 is 35.4 Å². The number of nitrogens with zero attached hydrogens (tertiary/aromatic N) is 5. The normalized spacial score (nSPS) is 17.1. The standard InChI is InChI=1S/C18H20FN5O4S2.C7H6F2O/c1-12-3-2-6-24(12)30(27,28)14-4-5-16-15(9-14)17(25)18(26)23(16)11-13-10-22(21-20-13)7-8-29-19;1-10-7-3-2-5(8)4-6(7)9/h4-5,9-10,12H,2-3,6-8,11H2,1H3;2-4H,1H3/t12-;/m1./s1. The molecular weight excluding hydrogens is 571 g/mol. The Hall–Kier alpha value is -3.43. The molecule has 0 radical (unpaired) electrons. The molecule has 2 aliphatic rings. The molecule has 0 unspecified atom stereocenters. The van der Waals surface area contributed by atoms with Gasteiger partial charge in [0.05, 0.1) is 42.5 Å². The Morgan fingerprint density at radius 3 is 2.58 bits per heavy atom. The van der Waals surface area contributed by atoms with Crippen LogP contribution in [0.1, 0.15) is 35.8 Å². The summed E-state index contributed by atoms with van der Waals surface area (Å²) in [6.07, 6.45) is 3.17. The number of aryl methyl sites for hydroxylation is 1. The maximum Gasteiger partial charge on any atom is 0.299 e. The van der Waals surface area contributed by atoms with Crippen LogP contribution in [0.2, 0.25) is 0 Å². The first-order chi connectivity index (χ1) is 19.1. The molecule has 40 heavy (non-hydrogen) atoms. The summed E-state index contributed by atoms with van der Waals surface area (Å²) in [5.41, 5.74) is 0.844. The predicted molar refractivity (Wildman–Crippen MR) is 141 cm³/mol. The number of halogens is 3. The van der Waals surface area contributed by atoms with Gasteiger partial charge in [-0.15, -0.1) is 5.10 Å². The fourth-order valence-corrected chi connectivity index (χ4v) is 6.43. The highest BCUT2D eigenvalue weighted by atomic mass is 32.2. The lowest BCUT2D eigenvalue weighted by atomic mass is 10.1. The summed E-state index contributed by atoms with van der Waals surface area (Å²) in [6.45, 7) is 2.63. The summed E-state index contributed by atoms with van der Waals surface area (Å²) in [5.74, 6) is -2.50. The SMILES string of the molecule is COc1ccc(F)cc1F.C[C@@H]1CCCN1S(=O)(=O)c1ccc2c(c1)C(=O)C(=O)N2Cc1cn(CCSF)nn1. The number of carbonyl (C=O) groups is 2. The summed E-state index contributed by atoms with van der Waals surface area (Å²) >= 11 is 0.192. The third kappa shape index (κ3) is 6.15. The van der Waals surface area contributed by atoms with Crippen molar-refractivity contribution in [3.8, 4) is 5.75 Å². The molecule has 1 atom stereocenters. The predicted octanol–water partition coefficient (Wildman–Crippen LogP) is 3.77. The number of benzene rings is 2. The van der Waals surface area contributed by atoms with Crippen LogP contribution < -0.4 is 9.64 Å². The number of Topliss-reactive ketones (excluding diaryl/α,β-unsaturated/α-hetero) is 1. The number of carbonyl (C=O) groups excluding carboxylic acids is 2. The molecule has 3 heterocycles. The number of rotatable bonds is 8. The van der Waals surface area contributed by atoms with Crippen LogP contribution in [0.4, 0.5) is 18.4 Å². The lowest BCUT2D eigenvalue weighted by Gasteiger charge is -2.21. The van der Waals surface area contributed by atoms with E-state index in [9.17, 15) is 30.7 Å². The first-order valence-electron chi connectivity index (χ1n) is 12.2. The molecule has 0 N–H and O–H groups in total. The van der Waals surface area contributed by atoms with Crippen LogP contribution in [0.25, 0.3) is 0 Å². The first-order valence-corrected chi connectivity index (χ1v) is 14.5. The monoisotopic (exact) mass is 597 g/mol. The van der Waals surface area contributed by atoms with Gasteiger partial charge in [-0.3, -0.25) is 19.2 Å². The van der Waals surface area contributed by atoms with Gasteiger partial charge in [0, 0.05) is 36.6 Å². The van der Waals surface area contributed by atoms with Crippen molar-refractivity contribution in [1.29, 1.82) is 0 Å². The van der Waals surface area contributed by atoms with E-state index in [1.165, 1.54) is 45.3 Å². The summed E-state index contributed by atoms with van der Waals surface area (Å²) in [6, 6.07) is 7.25. The van der Waals surface area contributed by atoms with Crippen LogP contribution >= 0.6 is 12.1 Å². The number of sulfonamides is 1. The quantitative estimate of drug-likeness (QED) is 0.361. The van der Waals surface area contributed by atoms with Gasteiger partial charge in [-0.25, -0.2) is 17.2 Å². The van der Waals surface area contributed by atoms with Crippen LogP contribution in [0.5, 0.6) is 5.75 Å². The van der Waals surface area contributed by atoms with Gasteiger partial charge in [0.2, 0.25) is 10.0 Å². The number of fused-ring (bicyclic) bond motifs is 1. The van der Waals surface area contributed by atoms with E-state index in [0.29, 0.717) is 24.5 Å². The molecule has 214 valence electrons. The van der Waals surface area contributed by atoms with Crippen molar-refractivity contribution >= 4 is 39.5 Å². The number of aromatic nitrogens is 3. The number of ketones is 1. The number of hydrogen-bond acceptors (Lipinski definition) is 8. The van der Waals surface area contributed by atoms with Crippen molar-refractivity contribution in [3.05, 3.63) is 65.5 Å². The molecule has 3 aromatic rings. The Morgan fingerprint density at radius 1 is 1.15 bits per heavy atom. The molecule has 2 aromatic carbocycles. The first kappa shape index (κ1) is 29.6. The van der Waals surface area contributed by atoms with E-state index in [1.54, 1.807) is 6.20 Å². The van der Waals surface area contributed by atoms with E-state index < -0.39 is 33.3 Å². The van der Waals surface area contributed by atoms with Gasteiger partial charge in [-0.1, -0.05) is 5.21 Å². The summed E-state index contributed by atoms with van der Waals surface area (Å²) in [4.78, 5) is 26.3. The van der Waals surface area contributed by atoms with E-state index in [-0.39, 0.29) is 46.7 Å². The molecule has 0 spiro atoms. The number of amides is 1. The summed E-state index contributed by atoms with van der Waals surface area (Å²) in [7, 11) is -2.41. The average Bonchev–Trinajstić information content (AvgIpc) is 3.63. The van der Waals surface area contributed by atoms with Gasteiger partial charge in [-0.05, 0) is 50.1 Å². The minimum atomic E-state index is -3.74. The second kappa shape index (κ2) is 12.4. The number of methoxy groups -OCH3 is 1. The zero-order valence-corrected chi connectivity index (χ0v) is 23.2. The van der Waals surface area contributed by atoms with Crippen LogP contribution in [-0.4, -0.2) is 64.9 Å². The minimum absolute atomic E-state index is 0.00710. The van der Waals surface area contributed by atoms with Gasteiger partial charge in [0.25, 0.3) is 11.7 Å². The largest absolute Gasteiger partial charge is 0.494 e. The van der Waals surface area contributed by atoms with Gasteiger partial charge in [-0.2, -0.15) is 8.19 Å². The zero-order chi connectivity index (χ0) is 29.0. The molecule has 1 amide bonds. The van der Waals surface area contributed by atoms with Gasteiger partial charge in [0.1, 0.15) is 11.5 Å². The molecular formula is C25H26F3N5O5S2. The fraction of sp³-hybridized carbons (Fsp3) is 0.360. The third-order valence-electron chi connectivity index (χ3n) is 6.46. The molecule has 5 rings (SSSR count). The van der Waals surface area contributed by atoms with E-state index in [2.05, 4.69) is 15.0 Å². The Kier molecular flexibility index (Phi) is 9.15. The molecule has 15 heteroatoms. The molecule has 1 saturated heterocycles. The number of hydrogen-bond donors (Lipinski definition) is 0. The average molecular weight is 598 g/mol. The lowest BCUT2D eigenvalue weighted by molar-refractivity contribution is -0.114.